The van der Waals surface area contributed by atoms with Crippen molar-refractivity contribution in [3.63, 3.8) is 0 Å². The van der Waals surface area contributed by atoms with Gasteiger partial charge < -0.3 is 20.1 Å². The highest BCUT2D eigenvalue weighted by molar-refractivity contribution is 5.94. The summed E-state index contributed by atoms with van der Waals surface area (Å²) in [6, 6.07) is 6.88. The average Bonchev–Trinajstić information content (AvgIpc) is 2.90. The van der Waals surface area contributed by atoms with Crippen LogP contribution >= 0.6 is 0 Å². The van der Waals surface area contributed by atoms with Gasteiger partial charge in [-0.2, -0.15) is 0 Å². The number of hydrogen-bond acceptors (Lipinski definition) is 8. The Morgan fingerprint density at radius 2 is 1.89 bits per heavy atom. The Balaban J connectivity index is 1.34. The van der Waals surface area contributed by atoms with E-state index < -0.39 is 5.82 Å². The summed E-state index contributed by atoms with van der Waals surface area (Å²) in [4.78, 5) is 27.6. The van der Waals surface area contributed by atoms with Crippen LogP contribution in [-0.4, -0.2) is 66.2 Å². The molecule has 10 heteroatoms. The SMILES string of the molecule is CNC(=O)c1cc(CCc2cnc(Nc3ccc(CN4CCOCC4)nc3)nc2)c(F)c(OC)c1. The number of rotatable bonds is 9. The number of hydrogen-bond donors (Lipinski definition) is 2. The number of nitrogens with zero attached hydrogens (tertiary/aromatic N) is 4. The normalized spacial score (nSPS) is 13.9. The number of amides is 1. The van der Waals surface area contributed by atoms with Crippen LogP contribution in [0, 0.1) is 5.82 Å². The summed E-state index contributed by atoms with van der Waals surface area (Å²) in [5.41, 5.74) is 3.38. The number of ether oxygens (including phenoxy) is 2. The monoisotopic (exact) mass is 480 g/mol. The third kappa shape index (κ3) is 6.49. The molecule has 0 spiro atoms. The molecule has 1 amide bonds. The number of aromatic nitrogens is 3. The highest BCUT2D eigenvalue weighted by Crippen LogP contribution is 2.24. The van der Waals surface area contributed by atoms with Gasteiger partial charge in [-0.3, -0.25) is 14.7 Å². The van der Waals surface area contributed by atoms with Crippen molar-refractivity contribution in [1.82, 2.24) is 25.2 Å². The van der Waals surface area contributed by atoms with Gasteiger partial charge in [-0.05, 0) is 48.2 Å². The minimum absolute atomic E-state index is 0.0430. The molecule has 3 heterocycles. The second-order valence-electron chi connectivity index (χ2n) is 8.20. The van der Waals surface area contributed by atoms with Crippen LogP contribution in [0.25, 0.3) is 0 Å². The Morgan fingerprint density at radius 1 is 1.11 bits per heavy atom. The second-order valence-corrected chi connectivity index (χ2v) is 8.20. The highest BCUT2D eigenvalue weighted by Gasteiger charge is 2.15. The molecule has 184 valence electrons. The molecule has 0 atom stereocenters. The predicted molar refractivity (Wildman–Crippen MR) is 129 cm³/mol. The maximum atomic E-state index is 14.7. The maximum Gasteiger partial charge on any atom is 0.251 e. The summed E-state index contributed by atoms with van der Waals surface area (Å²) >= 11 is 0. The number of methoxy groups -OCH3 is 1. The number of aryl methyl sites for hydroxylation is 2. The third-order valence-electron chi connectivity index (χ3n) is 5.78. The number of morpholine rings is 1. The quantitative estimate of drug-likeness (QED) is 0.482. The maximum absolute atomic E-state index is 14.7. The van der Waals surface area contributed by atoms with E-state index in [0.29, 0.717) is 29.9 Å². The molecule has 2 N–H and O–H groups in total. The zero-order valence-electron chi connectivity index (χ0n) is 19.9. The lowest BCUT2D eigenvalue weighted by Gasteiger charge is -2.26. The van der Waals surface area contributed by atoms with Crippen molar-refractivity contribution in [2.45, 2.75) is 19.4 Å². The van der Waals surface area contributed by atoms with Crippen molar-refractivity contribution in [2.75, 3.05) is 45.8 Å². The standard InChI is InChI=1S/C25H29FN6O3/c1-27-24(33)19-11-18(23(26)22(12-19)34-2)4-3-17-13-29-25(30-14-17)31-20-5-6-21(28-15-20)16-32-7-9-35-10-8-32/h5-6,11-15H,3-4,7-10,16H2,1-2H3,(H,27,33)(H,29,30,31). The number of carbonyl (C=O) groups excluding carboxylic acids is 1. The first-order valence-corrected chi connectivity index (χ1v) is 11.5. The van der Waals surface area contributed by atoms with Crippen molar-refractivity contribution >= 4 is 17.5 Å². The van der Waals surface area contributed by atoms with Gasteiger partial charge in [-0.25, -0.2) is 14.4 Å². The molecule has 1 aromatic carbocycles. The van der Waals surface area contributed by atoms with Crippen LogP contribution < -0.4 is 15.4 Å². The van der Waals surface area contributed by atoms with E-state index in [1.54, 1.807) is 24.7 Å². The van der Waals surface area contributed by atoms with Gasteiger partial charge in [0.1, 0.15) is 0 Å². The largest absolute Gasteiger partial charge is 0.494 e. The molecule has 0 bridgehead atoms. The lowest BCUT2D eigenvalue weighted by atomic mass is 10.0. The van der Waals surface area contributed by atoms with Crippen LogP contribution in [0.3, 0.4) is 0 Å². The van der Waals surface area contributed by atoms with Crippen LogP contribution in [0.2, 0.25) is 0 Å². The number of anilines is 2. The predicted octanol–water partition coefficient (Wildman–Crippen LogP) is 2.74. The minimum Gasteiger partial charge on any atom is -0.494 e. The number of nitrogens with one attached hydrogen (secondary N) is 2. The first-order chi connectivity index (χ1) is 17.1. The Morgan fingerprint density at radius 3 is 2.54 bits per heavy atom. The van der Waals surface area contributed by atoms with Gasteiger partial charge in [0.25, 0.3) is 5.91 Å². The zero-order chi connectivity index (χ0) is 24.6. The lowest BCUT2D eigenvalue weighted by molar-refractivity contribution is 0.0336. The summed E-state index contributed by atoms with van der Waals surface area (Å²) in [6.07, 6.45) is 6.05. The smallest absolute Gasteiger partial charge is 0.251 e. The highest BCUT2D eigenvalue weighted by atomic mass is 19.1. The summed E-state index contributed by atoms with van der Waals surface area (Å²) < 4.78 is 25.1. The average molecular weight is 481 g/mol. The van der Waals surface area contributed by atoms with Crippen molar-refractivity contribution in [3.05, 3.63) is 71.1 Å². The van der Waals surface area contributed by atoms with Gasteiger partial charge in [0.15, 0.2) is 11.6 Å². The molecule has 0 radical (unpaired) electrons. The van der Waals surface area contributed by atoms with E-state index in [1.165, 1.54) is 20.2 Å². The number of pyridine rings is 1. The van der Waals surface area contributed by atoms with Gasteiger partial charge in [0.2, 0.25) is 5.95 Å². The van der Waals surface area contributed by atoms with E-state index in [9.17, 15) is 9.18 Å². The van der Waals surface area contributed by atoms with Crippen LogP contribution in [0.1, 0.15) is 27.2 Å². The van der Waals surface area contributed by atoms with Gasteiger partial charge in [-0.1, -0.05) is 0 Å². The molecular weight excluding hydrogens is 451 g/mol. The molecule has 3 aromatic rings. The van der Waals surface area contributed by atoms with E-state index in [0.717, 1.165) is 49.8 Å². The molecule has 2 aromatic heterocycles. The van der Waals surface area contributed by atoms with E-state index in [-0.39, 0.29) is 11.7 Å². The molecule has 35 heavy (non-hydrogen) atoms. The van der Waals surface area contributed by atoms with Crippen molar-refractivity contribution in [3.8, 4) is 5.75 Å². The first kappa shape index (κ1) is 24.5. The molecule has 0 aliphatic carbocycles. The Kier molecular flexibility index (Phi) is 8.17. The van der Waals surface area contributed by atoms with Crippen LogP contribution in [0.15, 0.2) is 42.9 Å². The molecule has 0 unspecified atom stereocenters. The molecular formula is C25H29FN6O3. The van der Waals surface area contributed by atoms with Crippen molar-refractivity contribution in [1.29, 1.82) is 0 Å². The van der Waals surface area contributed by atoms with E-state index >= 15 is 0 Å². The van der Waals surface area contributed by atoms with Crippen molar-refractivity contribution in [2.24, 2.45) is 0 Å². The third-order valence-corrected chi connectivity index (χ3v) is 5.78. The van der Waals surface area contributed by atoms with Gasteiger partial charge >= 0.3 is 0 Å². The minimum atomic E-state index is -0.469. The van der Waals surface area contributed by atoms with Crippen LogP contribution in [0.5, 0.6) is 5.75 Å². The Labute approximate surface area is 203 Å². The Hall–Kier alpha value is -3.63. The van der Waals surface area contributed by atoms with E-state index in [2.05, 4.69) is 30.5 Å². The fourth-order valence-corrected chi connectivity index (χ4v) is 3.80. The first-order valence-electron chi connectivity index (χ1n) is 11.5. The Bertz CT molecular complexity index is 1140. The van der Waals surface area contributed by atoms with Gasteiger partial charge in [0, 0.05) is 44.6 Å². The lowest BCUT2D eigenvalue weighted by Crippen LogP contribution is -2.35. The van der Waals surface area contributed by atoms with Crippen molar-refractivity contribution < 1.29 is 18.7 Å². The van der Waals surface area contributed by atoms with E-state index in [4.69, 9.17) is 9.47 Å². The molecule has 1 fully saturated rings. The molecule has 4 rings (SSSR count). The fourth-order valence-electron chi connectivity index (χ4n) is 3.80. The molecule has 9 nitrogen and oxygen atoms in total. The molecule has 1 aliphatic heterocycles. The summed E-state index contributed by atoms with van der Waals surface area (Å²) in [5, 5.41) is 5.69. The number of benzene rings is 1. The topological polar surface area (TPSA) is 102 Å². The van der Waals surface area contributed by atoms with Gasteiger partial charge in [-0.15, -0.1) is 0 Å². The molecule has 1 aliphatic rings. The molecule has 0 saturated carbocycles. The summed E-state index contributed by atoms with van der Waals surface area (Å²) in [7, 11) is 2.91. The zero-order valence-corrected chi connectivity index (χ0v) is 19.9. The number of halogens is 1. The summed E-state index contributed by atoms with van der Waals surface area (Å²) in [5.74, 6) is -0.275. The van der Waals surface area contributed by atoms with Gasteiger partial charge in [0.05, 0.1) is 37.9 Å². The molecule has 1 saturated heterocycles. The second kappa shape index (κ2) is 11.7. The number of carbonyl (C=O) groups is 1. The fraction of sp³-hybridized carbons (Fsp3) is 0.360. The van der Waals surface area contributed by atoms with Crippen LogP contribution in [0.4, 0.5) is 16.0 Å². The van der Waals surface area contributed by atoms with Crippen LogP contribution in [-0.2, 0) is 24.1 Å². The summed E-state index contributed by atoms with van der Waals surface area (Å²) in [6.45, 7) is 4.16. The van der Waals surface area contributed by atoms with E-state index in [1.807, 2.05) is 12.1 Å².